The molecule has 0 amide bonds. The van der Waals surface area contributed by atoms with Crippen molar-refractivity contribution in [1.82, 2.24) is 9.13 Å². The predicted octanol–water partition coefficient (Wildman–Crippen LogP) is 6.25. The largest absolute Gasteiger partial charge is 0.463 e. The zero-order valence-corrected chi connectivity index (χ0v) is 24.9. The standard InChI is InChI=1S/C32H24Cl2FN3O3S/c1-3-41-31(40)28-18(2)36-32-38(29(28)20-9-11-22(35)12-10-20)30(39)27(42-32)15-21-17-37(26-7-5-4-6-23(21)26)16-19-8-13-24(33)25(34)14-19/h4-15,17,29H,3,16H2,1-2H3/b27-15+. The molecule has 0 bridgehead atoms. The van der Waals surface area contributed by atoms with Crippen molar-refractivity contribution in [3.8, 4) is 0 Å². The number of ether oxygens (including phenoxy) is 1. The van der Waals surface area contributed by atoms with Crippen molar-refractivity contribution in [1.29, 1.82) is 0 Å². The summed E-state index contributed by atoms with van der Waals surface area (Å²) in [6, 6.07) is 18.5. The third-order valence-electron chi connectivity index (χ3n) is 7.15. The van der Waals surface area contributed by atoms with Crippen LogP contribution in [0.3, 0.4) is 0 Å². The van der Waals surface area contributed by atoms with Crippen LogP contribution in [0.15, 0.2) is 94.0 Å². The Bertz CT molecular complexity index is 2080. The van der Waals surface area contributed by atoms with Gasteiger partial charge < -0.3 is 9.30 Å². The topological polar surface area (TPSA) is 65.6 Å². The Kier molecular flexibility index (Phi) is 7.62. The van der Waals surface area contributed by atoms with Crippen LogP contribution in [0, 0.1) is 5.82 Å². The van der Waals surface area contributed by atoms with Crippen LogP contribution < -0.4 is 14.9 Å². The second kappa shape index (κ2) is 11.4. The summed E-state index contributed by atoms with van der Waals surface area (Å²) < 4.78 is 23.2. The molecule has 5 aromatic rings. The molecule has 0 saturated carbocycles. The summed E-state index contributed by atoms with van der Waals surface area (Å²) in [4.78, 5) is 32.1. The van der Waals surface area contributed by atoms with E-state index in [9.17, 15) is 14.0 Å². The van der Waals surface area contributed by atoms with Gasteiger partial charge >= 0.3 is 5.97 Å². The number of benzene rings is 3. The second-order valence-electron chi connectivity index (χ2n) is 9.83. The number of carbonyl (C=O) groups excluding carboxylic acids is 1. The molecule has 3 aromatic carbocycles. The average molecular weight is 621 g/mol. The normalized spacial score (nSPS) is 15.2. The number of aromatic nitrogens is 2. The number of thiazole rings is 1. The highest BCUT2D eigenvalue weighted by Gasteiger charge is 2.33. The molecule has 212 valence electrons. The number of hydrogen-bond acceptors (Lipinski definition) is 5. The van der Waals surface area contributed by atoms with E-state index in [1.165, 1.54) is 28.0 Å². The number of nitrogens with zero attached hydrogens (tertiary/aromatic N) is 3. The lowest BCUT2D eigenvalue weighted by Crippen LogP contribution is -2.39. The van der Waals surface area contributed by atoms with E-state index in [0.29, 0.717) is 37.2 Å². The summed E-state index contributed by atoms with van der Waals surface area (Å²) in [5, 5.41) is 1.95. The molecule has 0 radical (unpaired) electrons. The molecule has 1 atom stereocenters. The van der Waals surface area contributed by atoms with Crippen LogP contribution in [0.25, 0.3) is 17.0 Å². The Hall–Kier alpha value is -3.98. The van der Waals surface area contributed by atoms with Crippen molar-refractivity contribution < 1.29 is 13.9 Å². The number of rotatable bonds is 6. The third-order valence-corrected chi connectivity index (χ3v) is 8.87. The molecule has 0 fully saturated rings. The lowest BCUT2D eigenvalue weighted by molar-refractivity contribution is -0.139. The maximum absolute atomic E-state index is 14.0. The SMILES string of the molecule is CCOC(=O)C1=C(C)N=c2s/c(=C/c3cn(Cc4ccc(Cl)c(Cl)c4)c4ccccc34)c(=O)n2C1c1ccc(F)cc1. The van der Waals surface area contributed by atoms with Gasteiger partial charge in [0.1, 0.15) is 5.82 Å². The molecule has 6 rings (SSSR count). The first-order valence-corrected chi connectivity index (χ1v) is 14.8. The highest BCUT2D eigenvalue weighted by atomic mass is 35.5. The molecule has 1 unspecified atom stereocenters. The molecule has 10 heteroatoms. The summed E-state index contributed by atoms with van der Waals surface area (Å²) >= 11 is 13.6. The van der Waals surface area contributed by atoms with E-state index in [0.717, 1.165) is 22.0 Å². The van der Waals surface area contributed by atoms with E-state index < -0.39 is 17.8 Å². The zero-order valence-electron chi connectivity index (χ0n) is 22.6. The van der Waals surface area contributed by atoms with Gasteiger partial charge in [0, 0.05) is 29.2 Å². The fourth-order valence-corrected chi connectivity index (χ4v) is 6.61. The molecule has 0 N–H and O–H groups in total. The van der Waals surface area contributed by atoms with E-state index >= 15 is 0 Å². The van der Waals surface area contributed by atoms with Crippen LogP contribution >= 0.6 is 34.5 Å². The van der Waals surface area contributed by atoms with Crippen molar-refractivity contribution in [2.75, 3.05) is 6.61 Å². The molecular formula is C32H24Cl2FN3O3S. The maximum Gasteiger partial charge on any atom is 0.338 e. The summed E-state index contributed by atoms with van der Waals surface area (Å²) in [6.07, 6.45) is 3.85. The van der Waals surface area contributed by atoms with Crippen LogP contribution in [0.2, 0.25) is 10.0 Å². The molecule has 3 heterocycles. The minimum atomic E-state index is -0.806. The van der Waals surface area contributed by atoms with Gasteiger partial charge in [-0.3, -0.25) is 9.36 Å². The molecule has 0 aliphatic carbocycles. The van der Waals surface area contributed by atoms with E-state index in [1.807, 2.05) is 48.7 Å². The minimum absolute atomic E-state index is 0.169. The van der Waals surface area contributed by atoms with Crippen molar-refractivity contribution >= 4 is 57.5 Å². The highest BCUT2D eigenvalue weighted by molar-refractivity contribution is 7.07. The predicted molar refractivity (Wildman–Crippen MR) is 164 cm³/mol. The quantitative estimate of drug-likeness (QED) is 0.211. The van der Waals surface area contributed by atoms with Gasteiger partial charge in [-0.15, -0.1) is 0 Å². The van der Waals surface area contributed by atoms with Crippen molar-refractivity contribution in [3.05, 3.63) is 136 Å². The number of esters is 1. The molecule has 42 heavy (non-hydrogen) atoms. The Morgan fingerprint density at radius 3 is 2.60 bits per heavy atom. The molecule has 0 saturated heterocycles. The van der Waals surface area contributed by atoms with Gasteiger partial charge in [0.15, 0.2) is 4.80 Å². The monoisotopic (exact) mass is 619 g/mol. The van der Waals surface area contributed by atoms with Gasteiger partial charge in [-0.2, -0.15) is 0 Å². The first kappa shape index (κ1) is 28.2. The number of para-hydroxylation sites is 1. The molecule has 6 nitrogen and oxygen atoms in total. The van der Waals surface area contributed by atoms with E-state index in [4.69, 9.17) is 27.9 Å². The molecule has 2 aromatic heterocycles. The summed E-state index contributed by atoms with van der Waals surface area (Å²) in [7, 11) is 0. The Labute approximate surface area is 254 Å². The van der Waals surface area contributed by atoms with Gasteiger partial charge in [0.25, 0.3) is 5.56 Å². The van der Waals surface area contributed by atoms with Crippen LogP contribution in [0.5, 0.6) is 0 Å². The van der Waals surface area contributed by atoms with Gasteiger partial charge in [0.2, 0.25) is 0 Å². The Balaban J connectivity index is 1.50. The summed E-state index contributed by atoms with van der Waals surface area (Å²) in [5.74, 6) is -0.977. The van der Waals surface area contributed by atoms with Crippen LogP contribution in [-0.4, -0.2) is 21.7 Å². The van der Waals surface area contributed by atoms with Crippen LogP contribution in [0.1, 0.15) is 36.6 Å². The molecule has 1 aliphatic heterocycles. The first-order valence-electron chi connectivity index (χ1n) is 13.2. The smallest absolute Gasteiger partial charge is 0.338 e. The number of hydrogen-bond donors (Lipinski definition) is 0. The van der Waals surface area contributed by atoms with Crippen molar-refractivity contribution in [3.63, 3.8) is 0 Å². The van der Waals surface area contributed by atoms with E-state index in [1.54, 1.807) is 32.0 Å². The lowest BCUT2D eigenvalue weighted by atomic mass is 9.96. The van der Waals surface area contributed by atoms with Crippen LogP contribution in [-0.2, 0) is 16.1 Å². The Morgan fingerprint density at radius 1 is 1.10 bits per heavy atom. The molecule has 0 spiro atoms. The minimum Gasteiger partial charge on any atom is -0.463 e. The van der Waals surface area contributed by atoms with Crippen LogP contribution in [0.4, 0.5) is 4.39 Å². The summed E-state index contributed by atoms with van der Waals surface area (Å²) in [5.41, 5.74) is 3.82. The molecule has 1 aliphatic rings. The number of allylic oxidation sites excluding steroid dienone is 1. The highest BCUT2D eigenvalue weighted by Crippen LogP contribution is 2.31. The first-order chi connectivity index (χ1) is 20.2. The van der Waals surface area contributed by atoms with Crippen molar-refractivity contribution in [2.45, 2.75) is 26.4 Å². The van der Waals surface area contributed by atoms with E-state index in [2.05, 4.69) is 9.56 Å². The van der Waals surface area contributed by atoms with Gasteiger partial charge in [-0.25, -0.2) is 14.2 Å². The zero-order chi connectivity index (χ0) is 29.5. The van der Waals surface area contributed by atoms with Crippen molar-refractivity contribution in [2.24, 2.45) is 4.99 Å². The van der Waals surface area contributed by atoms with Gasteiger partial charge in [0.05, 0.1) is 38.5 Å². The fourth-order valence-electron chi connectivity index (χ4n) is 5.25. The Morgan fingerprint density at radius 2 is 1.86 bits per heavy atom. The lowest BCUT2D eigenvalue weighted by Gasteiger charge is -2.24. The maximum atomic E-state index is 14.0. The second-order valence-corrected chi connectivity index (χ2v) is 11.7. The third kappa shape index (κ3) is 5.11. The number of carbonyl (C=O) groups is 1. The van der Waals surface area contributed by atoms with E-state index in [-0.39, 0.29) is 17.7 Å². The van der Waals surface area contributed by atoms with Gasteiger partial charge in [-0.1, -0.05) is 70.9 Å². The summed E-state index contributed by atoms with van der Waals surface area (Å²) in [6.45, 7) is 4.16. The number of fused-ring (bicyclic) bond motifs is 2. The molecular weight excluding hydrogens is 596 g/mol. The fraction of sp³-hybridized carbons (Fsp3) is 0.156. The average Bonchev–Trinajstić information content (AvgIpc) is 3.47. The van der Waals surface area contributed by atoms with Gasteiger partial charge in [-0.05, 0) is 61.4 Å². The number of halogens is 3.